The third-order valence-electron chi connectivity index (χ3n) is 4.44. The van der Waals surface area contributed by atoms with Gasteiger partial charge < -0.3 is 0 Å². The van der Waals surface area contributed by atoms with E-state index in [2.05, 4.69) is 37.3 Å². The summed E-state index contributed by atoms with van der Waals surface area (Å²) in [5, 5.41) is 11.6. The average molecular weight is 475 g/mol. The number of halogens is 2. The molecule has 1 heterocycles. The summed E-state index contributed by atoms with van der Waals surface area (Å²) in [7, 11) is 0. The predicted molar refractivity (Wildman–Crippen MR) is 94.1 cm³/mol. The number of nitro groups is 1. The fourth-order valence-corrected chi connectivity index (χ4v) is 4.37. The lowest BCUT2D eigenvalue weighted by molar-refractivity contribution is -0.384. The van der Waals surface area contributed by atoms with Gasteiger partial charge in [0.1, 0.15) is 0 Å². The molecule has 2 aliphatic rings. The Morgan fingerprint density at radius 2 is 1.72 bits per heavy atom. The van der Waals surface area contributed by atoms with E-state index in [1.54, 1.807) is 0 Å². The van der Waals surface area contributed by atoms with Crippen molar-refractivity contribution < 1.29 is 19.3 Å². The molecular weight excluding hydrogens is 462 g/mol. The van der Waals surface area contributed by atoms with Crippen molar-refractivity contribution >= 4 is 55.3 Å². The van der Waals surface area contributed by atoms with Crippen LogP contribution in [0, 0.1) is 22.0 Å². The molecule has 25 heavy (non-hydrogen) atoms. The van der Waals surface area contributed by atoms with Gasteiger partial charge in [0.05, 0.1) is 16.8 Å². The number of hydrazine groups is 1. The first-order valence-electron chi connectivity index (χ1n) is 7.51. The van der Waals surface area contributed by atoms with Gasteiger partial charge in [-0.05, 0) is 18.9 Å². The topological polar surface area (TPSA) is 110 Å². The molecule has 1 N–H and O–H groups in total. The van der Waals surface area contributed by atoms with Gasteiger partial charge in [0.15, 0.2) is 0 Å². The molecule has 1 saturated carbocycles. The van der Waals surface area contributed by atoms with Crippen molar-refractivity contribution in [2.75, 3.05) is 0 Å². The summed E-state index contributed by atoms with van der Waals surface area (Å²) in [6, 6.07) is 5.09. The SMILES string of the molecule is O=C(NN1C(=O)[C@@H]2C[C@@H](Br)[C@@H](Br)C[C@H]2C1=O)c1cccc([N+](=O)[O-])c1. The molecule has 1 saturated heterocycles. The molecule has 8 nitrogen and oxygen atoms in total. The molecule has 0 spiro atoms. The zero-order chi connectivity index (χ0) is 18.3. The molecule has 4 atom stereocenters. The maximum Gasteiger partial charge on any atom is 0.270 e. The van der Waals surface area contributed by atoms with Crippen LogP contribution in [0.3, 0.4) is 0 Å². The highest BCUT2D eigenvalue weighted by Gasteiger charge is 2.52. The maximum absolute atomic E-state index is 12.5. The molecule has 1 aliphatic carbocycles. The summed E-state index contributed by atoms with van der Waals surface area (Å²) in [5.41, 5.74) is 2.04. The molecule has 0 aromatic heterocycles. The number of amides is 3. The molecule has 1 aromatic rings. The van der Waals surface area contributed by atoms with E-state index in [0.717, 1.165) is 11.1 Å². The zero-order valence-electron chi connectivity index (χ0n) is 12.7. The minimum atomic E-state index is -0.741. The van der Waals surface area contributed by atoms with E-state index in [-0.39, 0.29) is 20.9 Å². The molecule has 0 radical (unpaired) electrons. The Balaban J connectivity index is 1.78. The van der Waals surface area contributed by atoms with Crippen molar-refractivity contribution in [3.05, 3.63) is 39.9 Å². The van der Waals surface area contributed by atoms with Crippen molar-refractivity contribution in [3.63, 3.8) is 0 Å². The fourth-order valence-electron chi connectivity index (χ4n) is 3.13. The number of nitro benzene ring substituents is 1. The fraction of sp³-hybridized carbons (Fsp3) is 0.400. The number of imide groups is 1. The van der Waals surface area contributed by atoms with Crippen LogP contribution in [0.15, 0.2) is 24.3 Å². The van der Waals surface area contributed by atoms with Gasteiger partial charge in [-0.25, -0.2) is 0 Å². The Kier molecular flexibility index (Phi) is 4.92. The number of hydrogen-bond acceptors (Lipinski definition) is 5. The monoisotopic (exact) mass is 473 g/mol. The standard InChI is InChI=1S/C15H13Br2N3O5/c16-11-5-9-10(6-12(11)17)15(23)19(14(9)22)18-13(21)7-2-1-3-8(4-7)20(24)25/h1-4,9-12H,5-6H2,(H,18,21)/t9-,10-,11-,12+/m1/s1. The van der Waals surface area contributed by atoms with Gasteiger partial charge in [-0.15, -0.1) is 0 Å². The number of nitrogens with one attached hydrogen (secondary N) is 1. The second-order valence-corrected chi connectivity index (χ2v) is 8.33. The number of carbonyl (C=O) groups excluding carboxylic acids is 3. The van der Waals surface area contributed by atoms with Crippen molar-refractivity contribution in [3.8, 4) is 0 Å². The van der Waals surface area contributed by atoms with E-state index in [1.807, 2.05) is 0 Å². The Labute approximate surface area is 159 Å². The van der Waals surface area contributed by atoms with Crippen LogP contribution in [0.1, 0.15) is 23.2 Å². The Hall–Kier alpha value is -1.81. The molecule has 0 bridgehead atoms. The van der Waals surface area contributed by atoms with Gasteiger partial charge >= 0.3 is 0 Å². The molecule has 2 fully saturated rings. The highest BCUT2D eigenvalue weighted by Crippen LogP contribution is 2.42. The van der Waals surface area contributed by atoms with E-state index < -0.39 is 34.5 Å². The maximum atomic E-state index is 12.5. The first-order chi connectivity index (χ1) is 11.8. The minimum absolute atomic E-state index is 0.00130. The molecule has 3 rings (SSSR count). The Morgan fingerprint density at radius 1 is 1.16 bits per heavy atom. The van der Waals surface area contributed by atoms with Crippen LogP contribution in [0.5, 0.6) is 0 Å². The summed E-state index contributed by atoms with van der Waals surface area (Å²) < 4.78 is 0. The molecule has 1 aromatic carbocycles. The highest BCUT2D eigenvalue weighted by molar-refractivity contribution is 9.12. The van der Waals surface area contributed by atoms with Gasteiger partial charge in [0.2, 0.25) is 0 Å². The van der Waals surface area contributed by atoms with Gasteiger partial charge in [0.25, 0.3) is 23.4 Å². The molecule has 3 amide bonds. The second kappa shape index (κ2) is 6.83. The van der Waals surface area contributed by atoms with E-state index in [1.165, 1.54) is 18.2 Å². The summed E-state index contributed by atoms with van der Waals surface area (Å²) >= 11 is 6.97. The molecule has 132 valence electrons. The number of benzene rings is 1. The van der Waals surface area contributed by atoms with E-state index in [0.29, 0.717) is 12.8 Å². The normalized spacial score (nSPS) is 28.6. The summed E-state index contributed by atoms with van der Waals surface area (Å²) in [6.45, 7) is 0. The second-order valence-electron chi connectivity index (χ2n) is 5.98. The van der Waals surface area contributed by atoms with Crippen LogP contribution < -0.4 is 5.43 Å². The van der Waals surface area contributed by atoms with Crippen molar-refractivity contribution in [1.29, 1.82) is 0 Å². The lowest BCUT2D eigenvalue weighted by Crippen LogP contribution is -2.46. The van der Waals surface area contributed by atoms with E-state index >= 15 is 0 Å². The van der Waals surface area contributed by atoms with Crippen molar-refractivity contribution in [2.24, 2.45) is 11.8 Å². The number of fused-ring (bicyclic) bond motifs is 1. The summed E-state index contributed by atoms with van der Waals surface area (Å²) in [5.74, 6) is -2.59. The smallest absolute Gasteiger partial charge is 0.270 e. The number of non-ortho nitro benzene ring substituents is 1. The van der Waals surface area contributed by atoms with Crippen LogP contribution in [-0.2, 0) is 9.59 Å². The van der Waals surface area contributed by atoms with Gasteiger partial charge in [-0.3, -0.25) is 29.9 Å². The third-order valence-corrected chi connectivity index (χ3v) is 7.18. The number of rotatable bonds is 3. The van der Waals surface area contributed by atoms with Crippen LogP contribution >= 0.6 is 31.9 Å². The van der Waals surface area contributed by atoms with Gasteiger partial charge in [-0.1, -0.05) is 37.9 Å². The molecule has 10 heteroatoms. The number of carbonyl (C=O) groups is 3. The van der Waals surface area contributed by atoms with Crippen LogP contribution in [0.25, 0.3) is 0 Å². The zero-order valence-corrected chi connectivity index (χ0v) is 15.9. The van der Waals surface area contributed by atoms with Crippen LogP contribution in [0.2, 0.25) is 0 Å². The van der Waals surface area contributed by atoms with Crippen LogP contribution in [-0.4, -0.2) is 37.3 Å². The first-order valence-corrected chi connectivity index (χ1v) is 9.34. The third kappa shape index (κ3) is 3.32. The van der Waals surface area contributed by atoms with Crippen molar-refractivity contribution in [1.82, 2.24) is 10.4 Å². The largest absolute Gasteiger partial charge is 0.272 e. The number of nitrogens with zero attached hydrogens (tertiary/aromatic N) is 2. The van der Waals surface area contributed by atoms with Gasteiger partial charge in [0, 0.05) is 27.4 Å². The Bertz CT molecular complexity index is 743. The quantitative estimate of drug-likeness (QED) is 0.312. The van der Waals surface area contributed by atoms with Gasteiger partial charge in [-0.2, -0.15) is 5.01 Å². The predicted octanol–water partition coefficient (Wildman–Crippen LogP) is 2.16. The number of alkyl halides is 2. The Morgan fingerprint density at radius 3 is 2.24 bits per heavy atom. The van der Waals surface area contributed by atoms with E-state index in [9.17, 15) is 24.5 Å². The molecular formula is C15H13Br2N3O5. The van der Waals surface area contributed by atoms with Crippen LogP contribution in [0.4, 0.5) is 5.69 Å². The van der Waals surface area contributed by atoms with Crippen molar-refractivity contribution in [2.45, 2.75) is 22.5 Å². The lowest BCUT2D eigenvalue weighted by atomic mass is 9.81. The molecule has 1 aliphatic heterocycles. The lowest BCUT2D eigenvalue weighted by Gasteiger charge is -2.29. The average Bonchev–Trinajstić information content (AvgIpc) is 2.80. The number of hydrogen-bond donors (Lipinski definition) is 1. The summed E-state index contributed by atoms with van der Waals surface area (Å²) in [6.07, 6.45) is 0.989. The van der Waals surface area contributed by atoms with E-state index in [4.69, 9.17) is 0 Å². The minimum Gasteiger partial charge on any atom is -0.272 e. The summed E-state index contributed by atoms with van der Waals surface area (Å²) in [4.78, 5) is 47.6. The molecule has 0 unspecified atom stereocenters. The highest BCUT2D eigenvalue weighted by atomic mass is 79.9. The first kappa shape index (κ1) is 18.0.